The molecule has 8 heteroatoms. The molecule has 7 nitrogen and oxygen atoms in total. The van der Waals surface area contributed by atoms with E-state index >= 15 is 0 Å². The van der Waals surface area contributed by atoms with Gasteiger partial charge in [0.25, 0.3) is 5.91 Å². The number of carbonyl (C=O) groups excluding carboxylic acids is 2. The smallest absolute Gasteiger partial charge is 0.271 e. The molecule has 0 atom stereocenters. The van der Waals surface area contributed by atoms with Gasteiger partial charge in [0.2, 0.25) is 0 Å². The van der Waals surface area contributed by atoms with E-state index in [0.717, 1.165) is 0 Å². The fourth-order valence-corrected chi connectivity index (χ4v) is 3.28. The fraction of sp³-hybridized carbons (Fsp3) is 0.333. The number of ether oxygens (including phenoxy) is 1. The topological polar surface area (TPSA) is 112 Å². The number of nitrogens with zero attached hydrogens (tertiary/aromatic N) is 2. The van der Waals surface area contributed by atoms with Crippen LogP contribution in [0.4, 0.5) is 0 Å². The molecule has 29 heavy (non-hydrogen) atoms. The van der Waals surface area contributed by atoms with Gasteiger partial charge in [-0.15, -0.1) is 0 Å². The maximum absolute atomic E-state index is 12.6. The number of amides is 1. The van der Waals surface area contributed by atoms with E-state index in [1.165, 1.54) is 18.3 Å². The molecule has 2 aromatic rings. The predicted octanol–water partition coefficient (Wildman–Crippen LogP) is 2.60. The summed E-state index contributed by atoms with van der Waals surface area (Å²) in [6.45, 7) is 0.826. The highest BCUT2D eigenvalue weighted by molar-refractivity contribution is 6.32. The highest BCUT2D eigenvalue weighted by atomic mass is 35.5. The van der Waals surface area contributed by atoms with Gasteiger partial charge in [0, 0.05) is 45.1 Å². The van der Waals surface area contributed by atoms with Crippen molar-refractivity contribution in [3.63, 3.8) is 0 Å². The molecule has 1 amide bonds. The van der Waals surface area contributed by atoms with Crippen molar-refractivity contribution in [1.29, 1.82) is 5.26 Å². The highest BCUT2D eigenvalue weighted by Gasteiger charge is 2.34. The van der Waals surface area contributed by atoms with Crippen molar-refractivity contribution in [3.05, 3.63) is 58.4 Å². The molecule has 1 aromatic carbocycles. The van der Waals surface area contributed by atoms with Crippen molar-refractivity contribution in [2.24, 2.45) is 0 Å². The second-order valence-corrected chi connectivity index (χ2v) is 7.39. The van der Waals surface area contributed by atoms with Gasteiger partial charge in [-0.05, 0) is 35.4 Å². The Morgan fingerprint density at radius 1 is 1.21 bits per heavy atom. The monoisotopic (exact) mass is 413 g/mol. The summed E-state index contributed by atoms with van der Waals surface area (Å²) in [6, 6.07) is 10.1. The molecule has 1 saturated heterocycles. The maximum Gasteiger partial charge on any atom is 0.271 e. The lowest BCUT2D eigenvalue weighted by atomic mass is 9.91. The average Bonchev–Trinajstić information content (AvgIpc) is 2.71. The Kier molecular flexibility index (Phi) is 6.47. The number of phenols is 1. The van der Waals surface area contributed by atoms with Gasteiger partial charge in [0.1, 0.15) is 22.8 Å². The van der Waals surface area contributed by atoms with E-state index in [9.17, 15) is 20.0 Å². The van der Waals surface area contributed by atoms with Crippen molar-refractivity contribution < 1.29 is 19.4 Å². The lowest BCUT2D eigenvalue weighted by molar-refractivity contribution is -0.117. The molecule has 1 aliphatic heterocycles. The minimum atomic E-state index is -0.959. The molecule has 1 aliphatic rings. The summed E-state index contributed by atoms with van der Waals surface area (Å²) in [7, 11) is 0. The first kappa shape index (κ1) is 20.8. The van der Waals surface area contributed by atoms with Crippen LogP contribution in [0.1, 0.15) is 34.5 Å². The van der Waals surface area contributed by atoms with E-state index in [1.807, 2.05) is 0 Å². The van der Waals surface area contributed by atoms with Crippen LogP contribution in [-0.2, 0) is 22.4 Å². The Balaban J connectivity index is 1.65. The summed E-state index contributed by atoms with van der Waals surface area (Å²) >= 11 is 5.78. The molecule has 0 radical (unpaired) electrons. The number of aromatic nitrogens is 1. The average molecular weight is 414 g/mol. The number of phenolic OH excluding ortho intramolecular Hbond substituents is 1. The molecule has 2 N–H and O–H groups in total. The maximum atomic E-state index is 12.6. The quantitative estimate of drug-likeness (QED) is 0.752. The van der Waals surface area contributed by atoms with Crippen molar-refractivity contribution in [3.8, 4) is 11.8 Å². The first-order valence-corrected chi connectivity index (χ1v) is 9.54. The third-order valence-electron chi connectivity index (χ3n) is 4.78. The van der Waals surface area contributed by atoms with E-state index in [2.05, 4.69) is 16.4 Å². The minimum absolute atomic E-state index is 0.0700. The Labute approximate surface area is 173 Å². The Morgan fingerprint density at radius 2 is 1.90 bits per heavy atom. The summed E-state index contributed by atoms with van der Waals surface area (Å²) in [5.74, 6) is -0.605. The summed E-state index contributed by atoms with van der Waals surface area (Å²) in [5.41, 5.74) is 0.491. The highest BCUT2D eigenvalue weighted by Crippen LogP contribution is 2.24. The molecule has 150 valence electrons. The molecule has 3 rings (SSSR count). The van der Waals surface area contributed by atoms with E-state index < -0.39 is 11.4 Å². The zero-order valence-electron chi connectivity index (χ0n) is 15.7. The van der Waals surface area contributed by atoms with Crippen molar-refractivity contribution in [1.82, 2.24) is 10.3 Å². The summed E-state index contributed by atoms with van der Waals surface area (Å²) in [6.07, 6.45) is 2.55. The first-order valence-electron chi connectivity index (χ1n) is 9.16. The van der Waals surface area contributed by atoms with Crippen LogP contribution in [0.3, 0.4) is 0 Å². The van der Waals surface area contributed by atoms with Crippen LogP contribution in [0.5, 0.6) is 5.75 Å². The summed E-state index contributed by atoms with van der Waals surface area (Å²) in [5, 5.41) is 22.1. The number of ketones is 1. The van der Waals surface area contributed by atoms with Gasteiger partial charge in [0.15, 0.2) is 0 Å². The SMILES string of the molecule is N#CC1(NC(=O)c2cc(CC(=O)Cc3ccc(Cl)c(O)c3)ccn2)CCOCC1. The van der Waals surface area contributed by atoms with Crippen LogP contribution in [0.15, 0.2) is 36.5 Å². The van der Waals surface area contributed by atoms with Crippen LogP contribution in [-0.4, -0.2) is 40.5 Å². The molecule has 0 aliphatic carbocycles. The lowest BCUT2D eigenvalue weighted by Gasteiger charge is -2.31. The number of aromatic hydroxyl groups is 1. The van der Waals surface area contributed by atoms with E-state index in [1.54, 1.807) is 18.2 Å². The van der Waals surface area contributed by atoms with Gasteiger partial charge < -0.3 is 15.2 Å². The first-order chi connectivity index (χ1) is 13.9. The van der Waals surface area contributed by atoms with Crippen molar-refractivity contribution in [2.45, 2.75) is 31.2 Å². The number of hydrogen-bond donors (Lipinski definition) is 2. The standard InChI is InChI=1S/C21H20ClN3O4/c22-17-2-1-14(12-19(17)27)9-16(26)10-15-3-6-24-18(11-15)20(28)25-21(13-23)4-7-29-8-5-21/h1-3,6,11-12,27H,4-5,7-10H2,(H,25,28). The summed E-state index contributed by atoms with van der Waals surface area (Å²) in [4.78, 5) is 29.0. The van der Waals surface area contributed by atoms with Gasteiger partial charge in [-0.3, -0.25) is 14.6 Å². The molecule has 0 bridgehead atoms. The molecule has 2 heterocycles. The Hall–Kier alpha value is -2.95. The van der Waals surface area contributed by atoms with Crippen LogP contribution in [0.2, 0.25) is 5.02 Å². The Bertz CT molecular complexity index is 965. The van der Waals surface area contributed by atoms with Crippen LogP contribution in [0, 0.1) is 11.3 Å². The number of pyridine rings is 1. The van der Waals surface area contributed by atoms with Gasteiger partial charge in [0.05, 0.1) is 11.1 Å². The number of nitriles is 1. The third kappa shape index (κ3) is 5.31. The molecule has 1 fully saturated rings. The zero-order chi connectivity index (χ0) is 20.9. The second-order valence-electron chi connectivity index (χ2n) is 6.99. The van der Waals surface area contributed by atoms with E-state index in [-0.39, 0.29) is 35.1 Å². The summed E-state index contributed by atoms with van der Waals surface area (Å²) < 4.78 is 5.26. The predicted molar refractivity (Wildman–Crippen MR) is 106 cm³/mol. The fourth-order valence-electron chi connectivity index (χ4n) is 3.16. The number of Topliss-reactive ketones (excluding diaryl/α,β-unsaturated/α-hetero) is 1. The second kappa shape index (κ2) is 9.03. The number of carbonyl (C=O) groups is 2. The lowest BCUT2D eigenvalue weighted by Crippen LogP contribution is -2.51. The normalized spacial score (nSPS) is 15.3. The van der Waals surface area contributed by atoms with Crippen molar-refractivity contribution >= 4 is 23.3 Å². The van der Waals surface area contributed by atoms with Crippen LogP contribution in [0.25, 0.3) is 0 Å². The minimum Gasteiger partial charge on any atom is -0.506 e. The zero-order valence-corrected chi connectivity index (χ0v) is 16.4. The van der Waals surface area contributed by atoms with Gasteiger partial charge in [-0.25, -0.2) is 0 Å². The molecular weight excluding hydrogens is 394 g/mol. The number of nitrogens with one attached hydrogen (secondary N) is 1. The molecule has 0 unspecified atom stereocenters. The van der Waals surface area contributed by atoms with Crippen LogP contribution >= 0.6 is 11.6 Å². The largest absolute Gasteiger partial charge is 0.506 e. The number of rotatable bonds is 6. The molecule has 0 spiro atoms. The van der Waals surface area contributed by atoms with Gasteiger partial charge in [-0.2, -0.15) is 5.26 Å². The molecule has 1 aromatic heterocycles. The van der Waals surface area contributed by atoms with Gasteiger partial charge in [-0.1, -0.05) is 17.7 Å². The molecule has 0 saturated carbocycles. The Morgan fingerprint density at radius 3 is 2.55 bits per heavy atom. The van der Waals surface area contributed by atoms with E-state index in [4.69, 9.17) is 16.3 Å². The number of halogens is 1. The van der Waals surface area contributed by atoms with Crippen LogP contribution < -0.4 is 5.32 Å². The third-order valence-corrected chi connectivity index (χ3v) is 5.10. The molecular formula is C21H20ClN3O4. The number of hydrogen-bond acceptors (Lipinski definition) is 6. The number of benzene rings is 1. The van der Waals surface area contributed by atoms with Crippen molar-refractivity contribution in [2.75, 3.05) is 13.2 Å². The van der Waals surface area contributed by atoms with E-state index in [0.29, 0.717) is 37.2 Å². The van der Waals surface area contributed by atoms with Gasteiger partial charge >= 0.3 is 0 Å².